The normalized spacial score (nSPS) is 12.1. The molecule has 0 N–H and O–H groups in total. The second-order valence-corrected chi connectivity index (χ2v) is 29.5. The molecular weight excluding hydrogens is 991 g/mol. The van der Waals surface area contributed by atoms with E-state index in [2.05, 4.69) is 272 Å². The molecule has 0 spiro atoms. The van der Waals surface area contributed by atoms with E-state index in [1.807, 2.05) is 14.2 Å². The van der Waals surface area contributed by atoms with Crippen LogP contribution in [0.5, 0.6) is 11.5 Å². The second-order valence-electron chi connectivity index (χ2n) is 25.1. The molecule has 0 aliphatic heterocycles. The van der Waals surface area contributed by atoms with Gasteiger partial charge in [0.15, 0.2) is 0 Å². The molecule has 6 aromatic carbocycles. The zero-order valence-corrected chi connectivity index (χ0v) is 55.0. The molecule has 6 nitrogen and oxygen atoms in total. The van der Waals surface area contributed by atoms with Gasteiger partial charge in [0.1, 0.15) is 11.5 Å². The third-order valence-electron chi connectivity index (χ3n) is 15.6. The van der Waals surface area contributed by atoms with Gasteiger partial charge in [-0.25, -0.2) is 0 Å². The van der Waals surface area contributed by atoms with Gasteiger partial charge in [0.05, 0.1) is 14.2 Å². The van der Waals surface area contributed by atoms with Crippen LogP contribution >= 0.6 is 15.8 Å². The van der Waals surface area contributed by atoms with Crippen LogP contribution in [0.4, 0.5) is 22.7 Å². The first-order chi connectivity index (χ1) is 36.6. The highest BCUT2D eigenvalue weighted by Crippen LogP contribution is 2.51. The summed E-state index contributed by atoms with van der Waals surface area (Å²) in [5.41, 5.74) is 18.6. The van der Waals surface area contributed by atoms with Crippen molar-refractivity contribution in [1.82, 2.24) is 0 Å². The summed E-state index contributed by atoms with van der Waals surface area (Å²) in [6, 6.07) is 34.3. The fourth-order valence-corrected chi connectivity index (χ4v) is 17.1. The topological polar surface area (TPSA) is 31.4 Å². The minimum atomic E-state index is -1.25. The zero-order valence-electron chi connectivity index (χ0n) is 53.2. The van der Waals surface area contributed by atoms with Gasteiger partial charge in [-0.15, -0.1) is 0 Å². The lowest BCUT2D eigenvalue weighted by molar-refractivity contribution is 0.411. The van der Waals surface area contributed by atoms with Crippen LogP contribution in [-0.4, -0.2) is 70.6 Å². The fraction of sp³-hybridized carbons (Fsp3) is 0.486. The third-order valence-corrected chi connectivity index (χ3v) is 20.4. The molecule has 0 atom stereocenters. The van der Waals surface area contributed by atoms with Crippen molar-refractivity contribution >= 4 is 70.4 Å². The Hall–Kier alpha value is -5.02. The minimum Gasteiger partial charge on any atom is -0.496 e. The third kappa shape index (κ3) is 12.5. The second kappa shape index (κ2) is 25.6. The number of anilines is 4. The van der Waals surface area contributed by atoms with Crippen LogP contribution < -0.4 is 60.9 Å². The summed E-state index contributed by atoms with van der Waals surface area (Å²) in [6.45, 7) is 37.8. The van der Waals surface area contributed by atoms with E-state index in [-0.39, 0.29) is 0 Å². The summed E-state index contributed by atoms with van der Waals surface area (Å²) in [6.07, 6.45) is 0. The average Bonchev–Trinajstić information content (AvgIpc) is 3.36. The molecule has 422 valence electrons. The molecule has 0 aromatic heterocycles. The van der Waals surface area contributed by atoms with Gasteiger partial charge < -0.3 is 29.1 Å². The quantitative estimate of drug-likeness (QED) is 0.0668. The van der Waals surface area contributed by atoms with E-state index >= 15 is 0 Å². The van der Waals surface area contributed by atoms with Gasteiger partial charge in [-0.2, -0.15) is 0 Å². The Balaban J connectivity index is 1.95. The zero-order chi connectivity index (χ0) is 58.1. The molecule has 6 aromatic rings. The Morgan fingerprint density at radius 1 is 0.295 bits per heavy atom. The van der Waals surface area contributed by atoms with Crippen LogP contribution in [-0.2, 0) is 0 Å². The summed E-state index contributed by atoms with van der Waals surface area (Å²) in [4.78, 5) is 9.38. The van der Waals surface area contributed by atoms with Gasteiger partial charge in [0, 0.05) is 90.3 Å². The summed E-state index contributed by atoms with van der Waals surface area (Å²) in [5.74, 6) is 4.10. The highest BCUT2D eigenvalue weighted by molar-refractivity contribution is 7.80. The minimum absolute atomic E-state index is 0.301. The van der Waals surface area contributed by atoms with Gasteiger partial charge in [-0.3, -0.25) is 0 Å². The van der Waals surface area contributed by atoms with Crippen LogP contribution in [0.1, 0.15) is 203 Å². The van der Waals surface area contributed by atoms with E-state index in [1.165, 1.54) is 99.1 Å². The molecule has 0 heterocycles. The summed E-state index contributed by atoms with van der Waals surface area (Å²) in [7, 11) is 18.9. The number of hydrogen-bond acceptors (Lipinski definition) is 6. The molecule has 0 fully saturated rings. The molecule has 0 amide bonds. The van der Waals surface area contributed by atoms with Crippen molar-refractivity contribution in [2.75, 3.05) is 90.2 Å². The van der Waals surface area contributed by atoms with Crippen molar-refractivity contribution in [3.63, 3.8) is 0 Å². The number of benzene rings is 6. The monoisotopic (exact) mass is 1090 g/mol. The Morgan fingerprint density at radius 3 is 0.615 bits per heavy atom. The Morgan fingerprint density at radius 2 is 0.474 bits per heavy atom. The average molecular weight is 1090 g/mol. The van der Waals surface area contributed by atoms with E-state index < -0.39 is 15.8 Å². The van der Waals surface area contributed by atoms with Gasteiger partial charge in [-0.1, -0.05) is 135 Å². The van der Waals surface area contributed by atoms with Crippen LogP contribution in [0, 0.1) is 0 Å². The maximum Gasteiger partial charge on any atom is 0.127 e. The highest BCUT2D eigenvalue weighted by atomic mass is 31.1. The van der Waals surface area contributed by atoms with Crippen molar-refractivity contribution in [3.05, 3.63) is 129 Å². The molecule has 78 heavy (non-hydrogen) atoms. The number of nitrogens with zero attached hydrogens (tertiary/aromatic N) is 4. The van der Waals surface area contributed by atoms with Crippen LogP contribution in [0.3, 0.4) is 0 Å². The number of ether oxygens (including phenoxy) is 2. The predicted molar refractivity (Wildman–Crippen MR) is 352 cm³/mol. The lowest BCUT2D eigenvalue weighted by Crippen LogP contribution is -2.29. The van der Waals surface area contributed by atoms with Gasteiger partial charge in [-0.05, 0) is 200 Å². The van der Waals surface area contributed by atoms with Crippen molar-refractivity contribution in [3.8, 4) is 22.6 Å². The van der Waals surface area contributed by atoms with Gasteiger partial charge in [0.2, 0.25) is 0 Å². The molecule has 0 saturated carbocycles. The maximum atomic E-state index is 6.78. The Kier molecular flexibility index (Phi) is 20.4. The molecule has 0 aliphatic rings. The largest absolute Gasteiger partial charge is 0.496 e. The predicted octanol–water partition coefficient (Wildman–Crippen LogP) is 16.1. The molecule has 0 unspecified atom stereocenters. The van der Waals surface area contributed by atoms with Gasteiger partial charge >= 0.3 is 0 Å². The van der Waals surface area contributed by atoms with Crippen molar-refractivity contribution < 1.29 is 9.47 Å². The van der Waals surface area contributed by atoms with Crippen LogP contribution in [0.25, 0.3) is 11.1 Å². The summed E-state index contributed by atoms with van der Waals surface area (Å²) in [5, 5.41) is 7.92. The first kappa shape index (κ1) is 62.2. The first-order valence-corrected chi connectivity index (χ1v) is 31.6. The fourth-order valence-electron chi connectivity index (χ4n) is 11.9. The number of rotatable bonds is 21. The molecule has 0 aliphatic carbocycles. The van der Waals surface area contributed by atoms with Gasteiger partial charge in [0.25, 0.3) is 0 Å². The van der Waals surface area contributed by atoms with E-state index in [0.29, 0.717) is 47.3 Å². The SMILES string of the molecule is COc1cccc(P(c2cc(C(C)C)c(N(C)C)c(C(C)C)c2)c2cc(C(C)C)c(N(C)C)c(C(C)C)c2)c1-c1c(OC)cccc1P(c1cc(C(C)C)c(N(C)C)c(C(C)C)c1)c1cc(C(C)C)c(N(C)C)c(C(C)C)c1. The molecule has 0 bridgehead atoms. The number of hydrogen-bond donors (Lipinski definition) is 0. The smallest absolute Gasteiger partial charge is 0.127 e. The van der Waals surface area contributed by atoms with Crippen LogP contribution in [0.15, 0.2) is 84.9 Å². The lowest BCUT2D eigenvalue weighted by Gasteiger charge is -2.34. The Labute approximate surface area is 477 Å². The molecule has 6 rings (SSSR count). The summed E-state index contributed by atoms with van der Waals surface area (Å²) < 4.78 is 13.6. The highest BCUT2D eigenvalue weighted by Gasteiger charge is 2.34. The molecule has 0 radical (unpaired) electrons. The molecule has 8 heteroatoms. The van der Waals surface area contributed by atoms with E-state index in [9.17, 15) is 0 Å². The first-order valence-electron chi connectivity index (χ1n) is 28.9. The molecule has 0 saturated heterocycles. The number of methoxy groups -OCH3 is 2. The standard InChI is InChI=1S/C70H100N4O2P2/c1-41(2)53-33-49(34-54(42(3)4)67(53)71(17)18)77(50-35-55(43(5)6)68(72(19)20)56(36-50)44(7)8)63-31-27-29-61(75-25)65(63)66-62(76-26)30-28-32-64(66)78(51-37-57(45(9)10)69(73(21)22)58(38-51)46(11)12)52-39-59(47(13)14)70(74(23)24)60(40-52)48(15)16/h27-48H,1-26H3. The molecular formula is C70H100N4O2P2. The summed E-state index contributed by atoms with van der Waals surface area (Å²) >= 11 is 0. The van der Waals surface area contributed by atoms with E-state index in [1.54, 1.807) is 0 Å². The lowest BCUT2D eigenvalue weighted by atomic mass is 9.92. The van der Waals surface area contributed by atoms with Crippen molar-refractivity contribution in [2.45, 2.75) is 158 Å². The van der Waals surface area contributed by atoms with Crippen LogP contribution in [0.2, 0.25) is 0 Å². The maximum absolute atomic E-state index is 6.78. The van der Waals surface area contributed by atoms with Crippen molar-refractivity contribution in [2.24, 2.45) is 0 Å². The Bertz CT molecular complexity index is 2580. The van der Waals surface area contributed by atoms with E-state index in [4.69, 9.17) is 9.47 Å². The van der Waals surface area contributed by atoms with E-state index in [0.717, 1.165) is 22.6 Å². The van der Waals surface area contributed by atoms with Crippen molar-refractivity contribution in [1.29, 1.82) is 0 Å².